The maximum atomic E-state index is 3.85. The van der Waals surface area contributed by atoms with Crippen LogP contribution >= 0.6 is 0 Å². The molecule has 1 fully saturated rings. The maximum Gasteiger partial charge on any atom is 0.0541 e. The Bertz CT molecular complexity index is 282. The van der Waals surface area contributed by atoms with E-state index in [1.54, 1.807) is 6.20 Å². The zero-order valence-electron chi connectivity index (χ0n) is 9.73. The Morgan fingerprint density at radius 1 is 1.25 bits per heavy atom. The van der Waals surface area contributed by atoms with Crippen LogP contribution in [0.15, 0.2) is 18.5 Å². The van der Waals surface area contributed by atoms with Gasteiger partial charge in [-0.25, -0.2) is 0 Å². The van der Waals surface area contributed by atoms with Crippen molar-refractivity contribution in [2.24, 2.45) is 0 Å². The normalized spacial score (nSPS) is 16.8. The van der Waals surface area contributed by atoms with Crippen molar-refractivity contribution in [2.75, 3.05) is 26.2 Å². The second-order valence-corrected chi connectivity index (χ2v) is 4.33. The molecule has 1 aliphatic rings. The predicted molar refractivity (Wildman–Crippen MR) is 64.0 cm³/mol. The topological polar surface area (TPSA) is 41.0 Å². The van der Waals surface area contributed by atoms with Crippen LogP contribution in [-0.4, -0.2) is 41.3 Å². The van der Waals surface area contributed by atoms with Gasteiger partial charge in [-0.2, -0.15) is 10.2 Å². The third-order valence-electron chi connectivity index (χ3n) is 3.00. The number of hydrogen-bond acceptors (Lipinski definition) is 4. The van der Waals surface area contributed by atoms with Crippen molar-refractivity contribution in [2.45, 2.75) is 25.8 Å². The fraction of sp³-hybridized carbons (Fsp3) is 0.667. The van der Waals surface area contributed by atoms with E-state index in [0.717, 1.165) is 13.1 Å². The monoisotopic (exact) mass is 220 g/mol. The summed E-state index contributed by atoms with van der Waals surface area (Å²) in [6.45, 7) is 5.82. The molecule has 0 amide bonds. The zero-order chi connectivity index (χ0) is 11.1. The van der Waals surface area contributed by atoms with Gasteiger partial charge in [-0.3, -0.25) is 0 Å². The van der Waals surface area contributed by atoms with E-state index in [2.05, 4.69) is 20.4 Å². The Morgan fingerprint density at radius 2 is 2.12 bits per heavy atom. The van der Waals surface area contributed by atoms with Crippen molar-refractivity contribution in [1.82, 2.24) is 20.4 Å². The summed E-state index contributed by atoms with van der Waals surface area (Å²) in [4.78, 5) is 2.55. The highest BCUT2D eigenvalue weighted by molar-refractivity contribution is 5.04. The van der Waals surface area contributed by atoms with Crippen LogP contribution in [0.5, 0.6) is 0 Å². The Hall–Kier alpha value is -1.00. The summed E-state index contributed by atoms with van der Waals surface area (Å²) >= 11 is 0. The fourth-order valence-corrected chi connectivity index (χ4v) is 2.09. The highest BCUT2D eigenvalue weighted by atomic mass is 15.1. The van der Waals surface area contributed by atoms with Gasteiger partial charge in [0.15, 0.2) is 0 Å². The number of hydrogen-bond donors (Lipinski definition) is 1. The van der Waals surface area contributed by atoms with Crippen LogP contribution in [0.4, 0.5) is 0 Å². The van der Waals surface area contributed by atoms with Crippen molar-refractivity contribution >= 4 is 0 Å². The van der Waals surface area contributed by atoms with Gasteiger partial charge in [-0.1, -0.05) is 0 Å². The Labute approximate surface area is 97.1 Å². The molecule has 16 heavy (non-hydrogen) atoms. The second-order valence-electron chi connectivity index (χ2n) is 4.33. The highest BCUT2D eigenvalue weighted by Crippen LogP contribution is 2.06. The van der Waals surface area contributed by atoms with Crippen LogP contribution in [0.25, 0.3) is 0 Å². The van der Waals surface area contributed by atoms with Gasteiger partial charge < -0.3 is 10.2 Å². The van der Waals surface area contributed by atoms with Crippen LogP contribution < -0.4 is 5.32 Å². The molecule has 1 aromatic rings. The first kappa shape index (κ1) is 11.5. The largest absolute Gasteiger partial charge is 0.313 e. The first-order valence-electron chi connectivity index (χ1n) is 6.14. The average Bonchev–Trinajstić information content (AvgIpc) is 2.83. The lowest BCUT2D eigenvalue weighted by atomic mass is 10.3. The molecule has 0 saturated carbocycles. The van der Waals surface area contributed by atoms with E-state index in [9.17, 15) is 0 Å². The summed E-state index contributed by atoms with van der Waals surface area (Å²) in [5.74, 6) is 0. The summed E-state index contributed by atoms with van der Waals surface area (Å²) < 4.78 is 0. The Kier molecular flexibility index (Phi) is 4.70. The molecule has 1 aliphatic heterocycles. The first-order valence-corrected chi connectivity index (χ1v) is 6.14. The molecular formula is C12H20N4. The molecule has 0 bridgehead atoms. The van der Waals surface area contributed by atoms with Gasteiger partial charge in [0, 0.05) is 12.7 Å². The third kappa shape index (κ3) is 3.87. The molecule has 2 rings (SSSR count). The molecule has 0 unspecified atom stereocenters. The van der Waals surface area contributed by atoms with Crippen LogP contribution in [0, 0.1) is 0 Å². The third-order valence-corrected chi connectivity index (χ3v) is 3.00. The lowest BCUT2D eigenvalue weighted by Crippen LogP contribution is -2.24. The minimum absolute atomic E-state index is 0.898. The molecule has 0 aliphatic carbocycles. The number of aromatic nitrogens is 2. The van der Waals surface area contributed by atoms with Crippen molar-refractivity contribution < 1.29 is 0 Å². The van der Waals surface area contributed by atoms with Crippen molar-refractivity contribution in [1.29, 1.82) is 0 Å². The molecule has 88 valence electrons. The number of nitrogens with zero attached hydrogens (tertiary/aromatic N) is 3. The molecule has 1 saturated heterocycles. The zero-order valence-corrected chi connectivity index (χ0v) is 9.73. The Morgan fingerprint density at radius 3 is 2.88 bits per heavy atom. The highest BCUT2D eigenvalue weighted by Gasteiger charge is 2.09. The summed E-state index contributed by atoms with van der Waals surface area (Å²) in [6, 6.07) is 2.00. The van der Waals surface area contributed by atoms with E-state index in [1.807, 2.05) is 12.3 Å². The van der Waals surface area contributed by atoms with Crippen LogP contribution in [-0.2, 0) is 6.54 Å². The molecule has 1 N–H and O–H groups in total. The number of rotatable bonds is 6. The average molecular weight is 220 g/mol. The predicted octanol–water partition coefficient (Wildman–Crippen LogP) is 1.05. The van der Waals surface area contributed by atoms with Crippen molar-refractivity contribution in [3.05, 3.63) is 24.0 Å². The van der Waals surface area contributed by atoms with Crippen LogP contribution in [0.3, 0.4) is 0 Å². The fourth-order valence-electron chi connectivity index (χ4n) is 2.09. The van der Waals surface area contributed by atoms with Gasteiger partial charge in [-0.15, -0.1) is 0 Å². The van der Waals surface area contributed by atoms with Crippen molar-refractivity contribution in [3.8, 4) is 0 Å². The lowest BCUT2D eigenvalue weighted by Gasteiger charge is -2.14. The van der Waals surface area contributed by atoms with Gasteiger partial charge in [0.1, 0.15) is 0 Å². The van der Waals surface area contributed by atoms with Gasteiger partial charge in [0.25, 0.3) is 0 Å². The molecule has 0 atom stereocenters. The molecule has 2 heterocycles. The Balaban J connectivity index is 1.52. The van der Waals surface area contributed by atoms with Gasteiger partial charge in [0.2, 0.25) is 0 Å². The van der Waals surface area contributed by atoms with Gasteiger partial charge in [0.05, 0.1) is 6.20 Å². The van der Waals surface area contributed by atoms with E-state index in [1.165, 1.54) is 44.5 Å². The molecular weight excluding hydrogens is 200 g/mol. The standard InChI is InChI=1S/C12H20N4/c1-2-8-16(7-1)9-3-5-13-10-12-4-6-14-15-11-12/h4,6,11,13H,1-3,5,7-10H2. The summed E-state index contributed by atoms with van der Waals surface area (Å²) in [5.41, 5.74) is 1.20. The number of nitrogens with one attached hydrogen (secondary N) is 1. The van der Waals surface area contributed by atoms with E-state index in [4.69, 9.17) is 0 Å². The number of likely N-dealkylation sites (tertiary alicyclic amines) is 1. The second kappa shape index (κ2) is 6.55. The minimum Gasteiger partial charge on any atom is -0.313 e. The summed E-state index contributed by atoms with van der Waals surface area (Å²) in [6.07, 6.45) is 7.56. The van der Waals surface area contributed by atoms with Gasteiger partial charge >= 0.3 is 0 Å². The lowest BCUT2D eigenvalue weighted by molar-refractivity contribution is 0.331. The molecule has 1 aromatic heterocycles. The van der Waals surface area contributed by atoms with E-state index >= 15 is 0 Å². The maximum absolute atomic E-state index is 3.85. The molecule has 0 aromatic carbocycles. The molecule has 0 spiro atoms. The minimum atomic E-state index is 0.898. The molecule has 4 heteroatoms. The van der Waals surface area contributed by atoms with E-state index in [-0.39, 0.29) is 0 Å². The van der Waals surface area contributed by atoms with Gasteiger partial charge in [-0.05, 0) is 57.1 Å². The SMILES string of the molecule is c1cc(CNCCCN2CCCC2)cnn1. The van der Waals surface area contributed by atoms with E-state index < -0.39 is 0 Å². The van der Waals surface area contributed by atoms with Crippen LogP contribution in [0.2, 0.25) is 0 Å². The molecule has 4 nitrogen and oxygen atoms in total. The quantitative estimate of drug-likeness (QED) is 0.728. The van der Waals surface area contributed by atoms with Crippen LogP contribution in [0.1, 0.15) is 24.8 Å². The smallest absolute Gasteiger partial charge is 0.0541 e. The molecule has 0 radical (unpaired) electrons. The van der Waals surface area contributed by atoms with E-state index in [0.29, 0.717) is 0 Å². The summed E-state index contributed by atoms with van der Waals surface area (Å²) in [5, 5.41) is 11.0. The van der Waals surface area contributed by atoms with Crippen molar-refractivity contribution in [3.63, 3.8) is 0 Å². The first-order chi connectivity index (χ1) is 7.95. The summed E-state index contributed by atoms with van der Waals surface area (Å²) in [7, 11) is 0.